The zero-order valence-electron chi connectivity index (χ0n) is 12.1. The Morgan fingerprint density at radius 1 is 1.25 bits per heavy atom. The monoisotopic (exact) mass is 299 g/mol. The second kappa shape index (κ2) is 7.87. The number of benzene rings is 1. The second-order valence-electron chi connectivity index (χ2n) is 5.16. The predicted octanol–water partition coefficient (Wildman–Crippen LogP) is 1.49. The Bertz CT molecular complexity index is 449. The summed E-state index contributed by atoms with van der Waals surface area (Å²) in [4.78, 5) is 25.2. The summed E-state index contributed by atoms with van der Waals surface area (Å²) in [6.45, 7) is 3.79. The molecule has 0 saturated heterocycles. The normalized spacial score (nSPS) is 10.4. The molecule has 0 aliphatic rings. The fourth-order valence-corrected chi connectivity index (χ4v) is 1.61. The van der Waals surface area contributed by atoms with Crippen molar-refractivity contribution in [3.05, 3.63) is 30.3 Å². The molecule has 112 valence electrons. The molecule has 0 fully saturated rings. The second-order valence-corrected chi connectivity index (χ2v) is 5.16. The van der Waals surface area contributed by atoms with Gasteiger partial charge in [0.05, 0.1) is 12.0 Å². The number of nitrogens with one attached hydrogen (secondary N) is 1. The quantitative estimate of drug-likeness (QED) is 0.865. The Morgan fingerprint density at radius 3 is 2.30 bits per heavy atom. The van der Waals surface area contributed by atoms with Gasteiger partial charge >= 0.3 is 0 Å². The van der Waals surface area contributed by atoms with Crippen LogP contribution in [0, 0.1) is 5.41 Å². The summed E-state index contributed by atoms with van der Waals surface area (Å²) < 4.78 is 0. The van der Waals surface area contributed by atoms with Gasteiger partial charge in [0, 0.05) is 19.3 Å². The first-order valence-corrected chi connectivity index (χ1v) is 6.17. The Labute approximate surface area is 125 Å². The summed E-state index contributed by atoms with van der Waals surface area (Å²) in [6, 6.07) is 9.13. The lowest BCUT2D eigenvalue weighted by atomic mass is 9.92. The van der Waals surface area contributed by atoms with Crippen molar-refractivity contribution >= 4 is 29.9 Å². The molecule has 0 radical (unpaired) electrons. The highest BCUT2D eigenvalue weighted by Gasteiger charge is 2.29. The lowest BCUT2D eigenvalue weighted by Crippen LogP contribution is -2.45. The van der Waals surface area contributed by atoms with E-state index in [2.05, 4.69) is 5.32 Å². The molecule has 1 aromatic rings. The smallest absolute Gasteiger partial charge is 0.243 e. The largest absolute Gasteiger partial charge is 0.336 e. The fraction of sp³-hybridized carbons (Fsp3) is 0.429. The van der Waals surface area contributed by atoms with E-state index in [1.165, 1.54) is 4.90 Å². The zero-order valence-corrected chi connectivity index (χ0v) is 12.9. The van der Waals surface area contributed by atoms with Crippen molar-refractivity contribution in [2.24, 2.45) is 11.1 Å². The van der Waals surface area contributed by atoms with Gasteiger partial charge in [0.25, 0.3) is 0 Å². The van der Waals surface area contributed by atoms with Crippen molar-refractivity contribution in [3.63, 3.8) is 0 Å². The molecule has 0 aliphatic heterocycles. The summed E-state index contributed by atoms with van der Waals surface area (Å²) >= 11 is 0. The third-order valence-electron chi connectivity index (χ3n) is 2.87. The Morgan fingerprint density at radius 2 is 1.80 bits per heavy atom. The van der Waals surface area contributed by atoms with Crippen molar-refractivity contribution < 1.29 is 9.59 Å². The molecule has 2 amide bonds. The molecular weight excluding hydrogens is 278 g/mol. The zero-order chi connectivity index (χ0) is 14.5. The minimum Gasteiger partial charge on any atom is -0.336 e. The van der Waals surface area contributed by atoms with Crippen LogP contribution in [0.4, 0.5) is 5.69 Å². The van der Waals surface area contributed by atoms with E-state index in [-0.39, 0.29) is 37.3 Å². The number of likely N-dealkylation sites (N-methyl/N-ethyl adjacent to an activating group) is 1. The van der Waals surface area contributed by atoms with Gasteiger partial charge in [-0.1, -0.05) is 18.2 Å². The summed E-state index contributed by atoms with van der Waals surface area (Å²) in [5, 5.41) is 2.73. The summed E-state index contributed by atoms with van der Waals surface area (Å²) in [6.07, 6.45) is 0. The van der Waals surface area contributed by atoms with Crippen molar-refractivity contribution in [2.45, 2.75) is 13.8 Å². The number of nitrogens with zero attached hydrogens (tertiary/aromatic N) is 1. The predicted molar refractivity (Wildman–Crippen MR) is 82.8 cm³/mol. The van der Waals surface area contributed by atoms with Crippen LogP contribution in [-0.4, -0.2) is 36.9 Å². The number of amides is 2. The molecule has 6 heteroatoms. The molecule has 0 bridgehead atoms. The number of anilines is 1. The number of carbonyl (C=O) groups excluding carboxylic acids is 2. The maximum absolute atomic E-state index is 12.0. The van der Waals surface area contributed by atoms with Crippen LogP contribution in [0.15, 0.2) is 30.3 Å². The van der Waals surface area contributed by atoms with Crippen LogP contribution < -0.4 is 11.1 Å². The molecule has 0 spiro atoms. The van der Waals surface area contributed by atoms with E-state index < -0.39 is 5.41 Å². The molecule has 3 N–H and O–H groups in total. The highest BCUT2D eigenvalue weighted by molar-refractivity contribution is 5.95. The summed E-state index contributed by atoms with van der Waals surface area (Å²) in [5.74, 6) is -0.368. The van der Waals surface area contributed by atoms with Gasteiger partial charge in [0.2, 0.25) is 11.8 Å². The van der Waals surface area contributed by atoms with Crippen LogP contribution in [0.25, 0.3) is 0 Å². The molecule has 5 nitrogen and oxygen atoms in total. The van der Waals surface area contributed by atoms with Crippen molar-refractivity contribution in [1.29, 1.82) is 0 Å². The Hall–Kier alpha value is -1.59. The number of halogens is 1. The highest BCUT2D eigenvalue weighted by atomic mass is 35.5. The first-order chi connectivity index (χ1) is 8.86. The number of hydrogen-bond donors (Lipinski definition) is 2. The van der Waals surface area contributed by atoms with E-state index in [4.69, 9.17) is 5.73 Å². The minimum atomic E-state index is -0.651. The van der Waals surface area contributed by atoms with Crippen LogP contribution in [0.2, 0.25) is 0 Å². The lowest BCUT2D eigenvalue weighted by Gasteiger charge is -2.27. The van der Waals surface area contributed by atoms with E-state index >= 15 is 0 Å². The fourth-order valence-electron chi connectivity index (χ4n) is 1.61. The average molecular weight is 300 g/mol. The molecular formula is C14H22ClN3O2. The van der Waals surface area contributed by atoms with Crippen LogP contribution in [0.3, 0.4) is 0 Å². The molecule has 0 heterocycles. The summed E-state index contributed by atoms with van der Waals surface area (Å²) in [7, 11) is 1.60. The van der Waals surface area contributed by atoms with E-state index in [1.807, 2.05) is 18.2 Å². The van der Waals surface area contributed by atoms with Gasteiger partial charge in [-0.25, -0.2) is 0 Å². The summed E-state index contributed by atoms with van der Waals surface area (Å²) in [5.41, 5.74) is 5.61. The van der Waals surface area contributed by atoms with E-state index in [0.29, 0.717) is 5.69 Å². The van der Waals surface area contributed by atoms with Crippen LogP contribution in [0.5, 0.6) is 0 Å². The minimum absolute atomic E-state index is 0. The van der Waals surface area contributed by atoms with Gasteiger partial charge in [-0.05, 0) is 26.0 Å². The van der Waals surface area contributed by atoms with Crippen molar-refractivity contribution in [1.82, 2.24) is 4.90 Å². The van der Waals surface area contributed by atoms with Gasteiger partial charge < -0.3 is 16.0 Å². The number of hydrogen-bond acceptors (Lipinski definition) is 3. The molecule has 20 heavy (non-hydrogen) atoms. The molecule has 0 aromatic heterocycles. The number of rotatable bonds is 5. The number of carbonyl (C=O) groups is 2. The number of nitrogens with two attached hydrogens (primary N) is 1. The maximum atomic E-state index is 12.0. The van der Waals surface area contributed by atoms with Gasteiger partial charge in [-0.2, -0.15) is 0 Å². The maximum Gasteiger partial charge on any atom is 0.243 e. The third kappa shape index (κ3) is 5.19. The van der Waals surface area contributed by atoms with Gasteiger partial charge in [0.15, 0.2) is 0 Å². The SMILES string of the molecule is CN(CC(=O)Nc1ccccc1)C(=O)C(C)(C)CN.Cl. The van der Waals surface area contributed by atoms with E-state index in [9.17, 15) is 9.59 Å². The first-order valence-electron chi connectivity index (χ1n) is 6.17. The van der Waals surface area contributed by atoms with E-state index in [0.717, 1.165) is 0 Å². The third-order valence-corrected chi connectivity index (χ3v) is 2.87. The molecule has 0 aliphatic carbocycles. The van der Waals surface area contributed by atoms with E-state index in [1.54, 1.807) is 33.0 Å². The topological polar surface area (TPSA) is 75.4 Å². The van der Waals surface area contributed by atoms with Gasteiger partial charge in [-0.15, -0.1) is 12.4 Å². The van der Waals surface area contributed by atoms with Crippen molar-refractivity contribution in [3.8, 4) is 0 Å². The Balaban J connectivity index is 0.00000361. The molecule has 1 rings (SSSR count). The molecule has 0 unspecified atom stereocenters. The number of para-hydroxylation sites is 1. The first kappa shape index (κ1) is 18.4. The van der Waals surface area contributed by atoms with Crippen LogP contribution >= 0.6 is 12.4 Å². The average Bonchev–Trinajstić information content (AvgIpc) is 2.38. The highest BCUT2D eigenvalue weighted by Crippen LogP contribution is 2.16. The Kier molecular flexibility index (Phi) is 7.24. The van der Waals surface area contributed by atoms with Gasteiger partial charge in [0.1, 0.15) is 0 Å². The lowest BCUT2D eigenvalue weighted by molar-refractivity contribution is -0.140. The molecule has 0 atom stereocenters. The van der Waals surface area contributed by atoms with Crippen LogP contribution in [-0.2, 0) is 9.59 Å². The molecule has 1 aromatic carbocycles. The van der Waals surface area contributed by atoms with Gasteiger partial charge in [-0.3, -0.25) is 9.59 Å². The molecule has 0 saturated carbocycles. The standard InChI is InChI=1S/C14H21N3O2.ClH/c1-14(2,10-15)13(19)17(3)9-12(18)16-11-7-5-4-6-8-11;/h4-8H,9-10,15H2,1-3H3,(H,16,18);1H. The van der Waals surface area contributed by atoms with Crippen molar-refractivity contribution in [2.75, 3.05) is 25.5 Å². The van der Waals surface area contributed by atoms with Crippen LogP contribution in [0.1, 0.15) is 13.8 Å².